The number of aromatic nitrogens is 4. The molecule has 0 spiro atoms. The lowest BCUT2D eigenvalue weighted by molar-refractivity contribution is -0.138. The highest BCUT2D eigenvalue weighted by Gasteiger charge is 2.34. The molecule has 2 aromatic carbocycles. The molecule has 0 atom stereocenters. The molecular weight excluding hydrogens is 547 g/mol. The van der Waals surface area contributed by atoms with Gasteiger partial charge in [-0.25, -0.2) is 9.97 Å². The van der Waals surface area contributed by atoms with Gasteiger partial charge in [0.15, 0.2) is 5.65 Å². The lowest BCUT2D eigenvalue weighted by Crippen LogP contribution is -2.45. The summed E-state index contributed by atoms with van der Waals surface area (Å²) in [6.45, 7) is 7.31. The monoisotopic (exact) mass is 579 g/mol. The number of fused-ring (bicyclic) bond motifs is 2. The molecule has 0 radical (unpaired) electrons. The number of hydrogen-bond donors (Lipinski definition) is 1. The fraction of sp³-hybridized carbons (Fsp3) is 0.400. The summed E-state index contributed by atoms with van der Waals surface area (Å²) in [5, 5.41) is 7.40. The fourth-order valence-electron chi connectivity index (χ4n) is 5.67. The number of alkyl halides is 3. The Balaban J connectivity index is 1.13. The van der Waals surface area contributed by atoms with E-state index >= 15 is 0 Å². The van der Waals surface area contributed by atoms with Gasteiger partial charge in [-0.1, -0.05) is 25.1 Å². The van der Waals surface area contributed by atoms with Gasteiger partial charge in [-0.3, -0.25) is 14.8 Å². The van der Waals surface area contributed by atoms with Gasteiger partial charge in [0.1, 0.15) is 17.5 Å². The van der Waals surface area contributed by atoms with Crippen LogP contribution in [0.25, 0.3) is 11.0 Å². The van der Waals surface area contributed by atoms with Crippen molar-refractivity contribution in [1.29, 1.82) is 0 Å². The van der Waals surface area contributed by atoms with Crippen molar-refractivity contribution >= 4 is 16.9 Å². The van der Waals surface area contributed by atoms with Crippen LogP contribution in [0.5, 0.6) is 11.6 Å². The molecule has 4 aromatic rings. The first kappa shape index (κ1) is 28.1. The van der Waals surface area contributed by atoms with E-state index in [1.54, 1.807) is 17.2 Å². The quantitative estimate of drug-likeness (QED) is 0.347. The fourth-order valence-corrected chi connectivity index (χ4v) is 5.67. The summed E-state index contributed by atoms with van der Waals surface area (Å²) in [5.41, 5.74) is 2.55. The van der Waals surface area contributed by atoms with Crippen LogP contribution in [-0.4, -0.2) is 80.0 Å². The molecule has 0 saturated carbocycles. The van der Waals surface area contributed by atoms with Crippen molar-refractivity contribution in [3.8, 4) is 11.6 Å². The largest absolute Gasteiger partial charge is 0.438 e. The summed E-state index contributed by atoms with van der Waals surface area (Å²) < 4.78 is 48.2. The molecule has 1 fully saturated rings. The molecule has 2 aliphatic heterocycles. The Morgan fingerprint density at radius 1 is 1.00 bits per heavy atom. The van der Waals surface area contributed by atoms with Crippen LogP contribution >= 0.6 is 0 Å². The van der Waals surface area contributed by atoms with Gasteiger partial charge in [-0.05, 0) is 53.4 Å². The third-order valence-electron chi connectivity index (χ3n) is 8.11. The van der Waals surface area contributed by atoms with Crippen molar-refractivity contribution in [3.05, 3.63) is 76.7 Å². The molecule has 0 aliphatic carbocycles. The second-order valence-corrected chi connectivity index (χ2v) is 10.8. The number of H-pyrrole nitrogens is 1. The third kappa shape index (κ3) is 6.09. The van der Waals surface area contributed by atoms with E-state index in [0.717, 1.165) is 49.9 Å². The average Bonchev–Trinajstić information content (AvgIpc) is 3.47. The molecule has 12 heteroatoms. The number of carbonyl (C=O) groups is 1. The van der Waals surface area contributed by atoms with Crippen molar-refractivity contribution in [2.24, 2.45) is 0 Å². The molecule has 0 bridgehead atoms. The van der Waals surface area contributed by atoms with E-state index < -0.39 is 11.7 Å². The zero-order valence-corrected chi connectivity index (χ0v) is 23.3. The van der Waals surface area contributed by atoms with Gasteiger partial charge in [-0.2, -0.15) is 18.3 Å². The summed E-state index contributed by atoms with van der Waals surface area (Å²) in [6, 6.07) is 10.0. The maximum Gasteiger partial charge on any atom is 0.416 e. The summed E-state index contributed by atoms with van der Waals surface area (Å²) in [4.78, 5) is 27.6. The SMILES string of the molecule is CCN1CCN(Cc2ccc(CC(=O)N3CCc4ccc(Oc5ncnc6[nH]ncc56)cc4C3)cc2C(F)(F)F)CC1. The summed E-state index contributed by atoms with van der Waals surface area (Å²) in [6.07, 6.45) is -0.957. The number of benzene rings is 2. The smallest absolute Gasteiger partial charge is 0.416 e. The van der Waals surface area contributed by atoms with Crippen molar-refractivity contribution in [3.63, 3.8) is 0 Å². The zero-order chi connectivity index (χ0) is 29.3. The maximum atomic E-state index is 14.1. The molecule has 4 heterocycles. The normalized spacial score (nSPS) is 16.5. The van der Waals surface area contributed by atoms with E-state index in [4.69, 9.17) is 4.74 Å². The molecule has 2 aromatic heterocycles. The van der Waals surface area contributed by atoms with Crippen LogP contribution in [-0.2, 0) is 36.9 Å². The van der Waals surface area contributed by atoms with Crippen LogP contribution in [0.1, 0.15) is 34.7 Å². The van der Waals surface area contributed by atoms with Gasteiger partial charge in [0.2, 0.25) is 11.8 Å². The summed E-state index contributed by atoms with van der Waals surface area (Å²) in [5.74, 6) is 0.717. The second-order valence-electron chi connectivity index (χ2n) is 10.8. The van der Waals surface area contributed by atoms with Gasteiger partial charge in [0, 0.05) is 45.8 Å². The van der Waals surface area contributed by atoms with Gasteiger partial charge >= 0.3 is 6.18 Å². The summed E-state index contributed by atoms with van der Waals surface area (Å²) in [7, 11) is 0. The minimum atomic E-state index is -4.49. The van der Waals surface area contributed by atoms with E-state index in [1.165, 1.54) is 12.4 Å². The number of nitrogens with zero attached hydrogens (tertiary/aromatic N) is 6. The molecule has 9 nitrogen and oxygen atoms in total. The van der Waals surface area contributed by atoms with Crippen LogP contribution in [0.3, 0.4) is 0 Å². The van der Waals surface area contributed by atoms with E-state index in [2.05, 4.69) is 36.9 Å². The third-order valence-corrected chi connectivity index (χ3v) is 8.11. The number of carbonyl (C=O) groups excluding carboxylic acids is 1. The van der Waals surface area contributed by atoms with E-state index in [9.17, 15) is 18.0 Å². The number of nitrogens with one attached hydrogen (secondary N) is 1. The van der Waals surface area contributed by atoms with E-state index in [0.29, 0.717) is 47.7 Å². The maximum absolute atomic E-state index is 14.1. The van der Waals surface area contributed by atoms with Crippen LogP contribution < -0.4 is 4.74 Å². The minimum absolute atomic E-state index is 0.0938. The molecule has 2 aliphatic rings. The highest BCUT2D eigenvalue weighted by molar-refractivity contribution is 5.80. The number of aromatic amines is 1. The van der Waals surface area contributed by atoms with Crippen molar-refractivity contribution in [2.75, 3.05) is 39.3 Å². The standard InChI is InChI=1S/C30H32F3N7O2/c1-2-38-9-11-39(12-10-38)17-22-4-3-20(13-26(22)30(31,32)33)14-27(41)40-8-7-21-5-6-24(15-23(21)18-40)42-29-25-16-36-37-28(25)34-19-35-29/h3-6,13,15-16,19H,2,7-12,14,17-18H2,1H3,(H,34,35,36,37). The molecule has 1 amide bonds. The van der Waals surface area contributed by atoms with Crippen molar-refractivity contribution in [1.82, 2.24) is 34.9 Å². The Labute approximate surface area is 241 Å². The molecule has 6 rings (SSSR count). The number of piperazine rings is 1. The van der Waals surface area contributed by atoms with E-state index in [-0.39, 0.29) is 24.4 Å². The van der Waals surface area contributed by atoms with Crippen LogP contribution in [0.2, 0.25) is 0 Å². The topological polar surface area (TPSA) is 90.5 Å². The predicted octanol–water partition coefficient (Wildman–Crippen LogP) is 4.43. The van der Waals surface area contributed by atoms with Crippen molar-refractivity contribution in [2.45, 2.75) is 39.0 Å². The van der Waals surface area contributed by atoms with Crippen LogP contribution in [0.15, 0.2) is 48.9 Å². The van der Waals surface area contributed by atoms with Crippen LogP contribution in [0, 0.1) is 0 Å². The number of likely N-dealkylation sites (N-methyl/N-ethyl adjacent to an activating group) is 1. The van der Waals surface area contributed by atoms with Gasteiger partial charge < -0.3 is 14.5 Å². The molecule has 220 valence electrons. The highest BCUT2D eigenvalue weighted by Crippen LogP contribution is 2.34. The lowest BCUT2D eigenvalue weighted by Gasteiger charge is -2.34. The lowest BCUT2D eigenvalue weighted by atomic mass is 9.97. The Bertz CT molecular complexity index is 1580. The molecule has 1 saturated heterocycles. The number of rotatable bonds is 7. The number of hydrogen-bond acceptors (Lipinski definition) is 7. The number of ether oxygens (including phenoxy) is 1. The molecule has 0 unspecified atom stereocenters. The predicted molar refractivity (Wildman–Crippen MR) is 150 cm³/mol. The molecular formula is C30H32F3N7O2. The molecule has 1 N–H and O–H groups in total. The van der Waals surface area contributed by atoms with Gasteiger partial charge in [0.05, 0.1) is 18.2 Å². The summed E-state index contributed by atoms with van der Waals surface area (Å²) >= 11 is 0. The van der Waals surface area contributed by atoms with Crippen molar-refractivity contribution < 1.29 is 22.7 Å². The van der Waals surface area contributed by atoms with Gasteiger partial charge in [-0.15, -0.1) is 0 Å². The minimum Gasteiger partial charge on any atom is -0.438 e. The Hall–Kier alpha value is -4.03. The first-order valence-electron chi connectivity index (χ1n) is 14.1. The number of amides is 1. The highest BCUT2D eigenvalue weighted by atomic mass is 19.4. The zero-order valence-electron chi connectivity index (χ0n) is 23.3. The Morgan fingerprint density at radius 3 is 2.60 bits per heavy atom. The van der Waals surface area contributed by atoms with Gasteiger partial charge in [0.25, 0.3) is 0 Å². The average molecular weight is 580 g/mol. The Morgan fingerprint density at radius 2 is 1.81 bits per heavy atom. The van der Waals surface area contributed by atoms with E-state index in [1.807, 2.05) is 18.2 Å². The van der Waals surface area contributed by atoms with Crippen LogP contribution in [0.4, 0.5) is 13.2 Å². The molecule has 42 heavy (non-hydrogen) atoms. The number of halogens is 3. The second kappa shape index (κ2) is 11.7. The first-order chi connectivity index (χ1) is 20.3. The first-order valence-corrected chi connectivity index (χ1v) is 14.1. The Kier molecular flexibility index (Phi) is 7.82.